The number of fused-ring (bicyclic) bond motifs is 1. The maximum atomic E-state index is 13.1. The number of hydrogen-bond acceptors (Lipinski definition) is 4. The van der Waals surface area contributed by atoms with E-state index in [-0.39, 0.29) is 11.7 Å². The van der Waals surface area contributed by atoms with E-state index < -0.39 is 0 Å². The average molecular weight is 451 g/mol. The quantitative estimate of drug-likeness (QED) is 0.145. The summed E-state index contributed by atoms with van der Waals surface area (Å²) in [7, 11) is 0. The summed E-state index contributed by atoms with van der Waals surface area (Å²) in [6, 6.07) is 20.8. The normalized spacial score (nSPS) is 11.5. The highest BCUT2D eigenvalue weighted by Gasteiger charge is 2.05. The molecule has 0 bridgehead atoms. The van der Waals surface area contributed by atoms with E-state index in [1.165, 1.54) is 12.1 Å². The van der Waals surface area contributed by atoms with Crippen molar-refractivity contribution in [3.8, 4) is 5.75 Å². The molecule has 0 aliphatic carbocycles. The number of unbranched alkanes of at least 4 members (excludes halogenated alkanes) is 2. The summed E-state index contributed by atoms with van der Waals surface area (Å²) in [5.74, 6) is 0.268. The zero-order chi connectivity index (χ0) is 23.3. The summed E-state index contributed by atoms with van der Waals surface area (Å²) in [5, 5.41) is 14.3. The monoisotopic (exact) mass is 450 g/mol. The number of allylic oxidation sites excluding steroid dienone is 1. The van der Waals surface area contributed by atoms with E-state index in [1.54, 1.807) is 17.6 Å². The lowest BCUT2D eigenvalue weighted by molar-refractivity contribution is -0.129. The minimum absolute atomic E-state index is 0.223. The number of hydroxylamine groups is 1. The van der Waals surface area contributed by atoms with Crippen LogP contribution in [0.4, 0.5) is 4.39 Å². The Morgan fingerprint density at radius 1 is 1.00 bits per heavy atom. The van der Waals surface area contributed by atoms with Crippen LogP contribution < -0.4 is 15.5 Å². The SMILES string of the molecule is O=C(CCCC/C=C(\CNCCc1ccc(F)cc1)COc1cccc2ccccc12)NO. The molecule has 3 rings (SSSR count). The largest absolute Gasteiger partial charge is 0.489 e. The third-order valence-electron chi connectivity index (χ3n) is 5.43. The van der Waals surface area contributed by atoms with E-state index in [0.717, 1.165) is 53.5 Å². The first-order valence-electron chi connectivity index (χ1n) is 11.3. The van der Waals surface area contributed by atoms with Crippen LogP contribution in [-0.4, -0.2) is 30.8 Å². The van der Waals surface area contributed by atoms with Gasteiger partial charge in [0, 0.05) is 18.4 Å². The van der Waals surface area contributed by atoms with E-state index in [9.17, 15) is 9.18 Å². The van der Waals surface area contributed by atoms with Crippen LogP contribution in [0.5, 0.6) is 5.75 Å². The molecule has 174 valence electrons. The Kier molecular flexibility index (Phi) is 9.88. The van der Waals surface area contributed by atoms with E-state index >= 15 is 0 Å². The summed E-state index contributed by atoms with van der Waals surface area (Å²) in [5.41, 5.74) is 3.88. The lowest BCUT2D eigenvalue weighted by Gasteiger charge is -2.13. The molecule has 0 aliphatic heterocycles. The average Bonchev–Trinajstić information content (AvgIpc) is 2.85. The van der Waals surface area contributed by atoms with Crippen LogP contribution in [0.2, 0.25) is 0 Å². The van der Waals surface area contributed by atoms with Crippen LogP contribution in [0.1, 0.15) is 31.2 Å². The molecule has 0 atom stereocenters. The first kappa shape index (κ1) is 24.4. The van der Waals surface area contributed by atoms with Crippen LogP contribution in [0.25, 0.3) is 10.8 Å². The number of carbonyl (C=O) groups excluding carboxylic acids is 1. The number of rotatable bonds is 13. The molecule has 5 nitrogen and oxygen atoms in total. The van der Waals surface area contributed by atoms with Gasteiger partial charge in [-0.3, -0.25) is 10.0 Å². The van der Waals surface area contributed by atoms with Crippen LogP contribution >= 0.6 is 0 Å². The Morgan fingerprint density at radius 2 is 1.79 bits per heavy atom. The Hall–Kier alpha value is -3.22. The van der Waals surface area contributed by atoms with Gasteiger partial charge in [0.05, 0.1) is 0 Å². The molecule has 1 amide bonds. The van der Waals surface area contributed by atoms with Crippen molar-refractivity contribution in [2.45, 2.75) is 32.1 Å². The second-order valence-electron chi connectivity index (χ2n) is 7.96. The fourth-order valence-corrected chi connectivity index (χ4v) is 3.60. The number of hydrogen-bond donors (Lipinski definition) is 3. The topological polar surface area (TPSA) is 70.6 Å². The number of ether oxygens (including phenoxy) is 1. The molecule has 33 heavy (non-hydrogen) atoms. The predicted octanol–water partition coefficient (Wildman–Crippen LogP) is 5.18. The molecule has 0 fully saturated rings. The number of halogens is 1. The van der Waals surface area contributed by atoms with Gasteiger partial charge in [-0.2, -0.15) is 0 Å². The van der Waals surface area contributed by atoms with Gasteiger partial charge in [-0.15, -0.1) is 0 Å². The Balaban J connectivity index is 1.54. The smallest absolute Gasteiger partial charge is 0.243 e. The van der Waals surface area contributed by atoms with Crippen LogP contribution in [0.3, 0.4) is 0 Å². The molecule has 0 heterocycles. The van der Waals surface area contributed by atoms with Crippen LogP contribution in [0.15, 0.2) is 78.4 Å². The summed E-state index contributed by atoms with van der Waals surface area (Å²) in [6.45, 7) is 1.92. The maximum Gasteiger partial charge on any atom is 0.243 e. The molecule has 0 aromatic heterocycles. The highest BCUT2D eigenvalue weighted by Crippen LogP contribution is 2.25. The van der Waals surface area contributed by atoms with Crippen molar-refractivity contribution >= 4 is 16.7 Å². The van der Waals surface area contributed by atoms with Crippen molar-refractivity contribution in [2.24, 2.45) is 0 Å². The summed E-state index contributed by atoms with van der Waals surface area (Å²) >= 11 is 0. The Morgan fingerprint density at radius 3 is 2.61 bits per heavy atom. The lowest BCUT2D eigenvalue weighted by atomic mass is 10.1. The molecule has 6 heteroatoms. The predicted molar refractivity (Wildman–Crippen MR) is 129 cm³/mol. The second kappa shape index (κ2) is 13.4. The minimum Gasteiger partial charge on any atom is -0.489 e. The third kappa shape index (κ3) is 8.33. The highest BCUT2D eigenvalue weighted by molar-refractivity contribution is 5.88. The van der Waals surface area contributed by atoms with Crippen molar-refractivity contribution in [3.63, 3.8) is 0 Å². The molecule has 0 radical (unpaired) electrons. The Bertz CT molecular complexity index is 1050. The maximum absolute atomic E-state index is 13.1. The van der Waals surface area contributed by atoms with Gasteiger partial charge in [0.25, 0.3) is 0 Å². The lowest BCUT2D eigenvalue weighted by Crippen LogP contribution is -2.22. The fourth-order valence-electron chi connectivity index (χ4n) is 3.60. The standard InChI is InChI=1S/C27H31FN2O3/c28-24-15-13-21(14-16-24)17-18-29-19-22(7-2-1-3-12-27(31)30-32)20-33-26-11-6-9-23-8-4-5-10-25(23)26/h4-11,13-16,29,32H,1-3,12,17-20H2,(H,30,31)/b22-7+. The molecular formula is C27H31FN2O3. The van der Waals surface area contributed by atoms with Crippen molar-refractivity contribution in [2.75, 3.05) is 19.7 Å². The second-order valence-corrected chi connectivity index (χ2v) is 7.96. The third-order valence-corrected chi connectivity index (χ3v) is 5.43. The summed E-state index contributed by atoms with van der Waals surface area (Å²) < 4.78 is 19.2. The molecule has 3 aromatic carbocycles. The van der Waals surface area contributed by atoms with Crippen molar-refractivity contribution in [1.29, 1.82) is 0 Å². The van der Waals surface area contributed by atoms with Crippen molar-refractivity contribution in [3.05, 3.63) is 89.8 Å². The zero-order valence-electron chi connectivity index (χ0n) is 18.7. The number of carbonyl (C=O) groups is 1. The van der Waals surface area contributed by atoms with E-state index in [1.807, 2.05) is 24.3 Å². The minimum atomic E-state index is -0.360. The molecular weight excluding hydrogens is 419 g/mol. The van der Waals surface area contributed by atoms with E-state index in [2.05, 4.69) is 29.6 Å². The summed E-state index contributed by atoms with van der Waals surface area (Å²) in [4.78, 5) is 11.2. The molecule has 0 unspecified atom stereocenters. The zero-order valence-corrected chi connectivity index (χ0v) is 18.7. The van der Waals surface area contributed by atoms with Gasteiger partial charge in [0.15, 0.2) is 0 Å². The number of benzene rings is 3. The molecule has 0 spiro atoms. The van der Waals surface area contributed by atoms with Gasteiger partial charge in [0.2, 0.25) is 5.91 Å². The van der Waals surface area contributed by atoms with Gasteiger partial charge in [0.1, 0.15) is 18.2 Å². The van der Waals surface area contributed by atoms with Gasteiger partial charge >= 0.3 is 0 Å². The fraction of sp³-hybridized carbons (Fsp3) is 0.296. The highest BCUT2D eigenvalue weighted by atomic mass is 19.1. The van der Waals surface area contributed by atoms with Crippen molar-refractivity contribution in [1.82, 2.24) is 10.8 Å². The molecule has 3 aromatic rings. The molecule has 3 N–H and O–H groups in total. The Labute approximate surface area is 194 Å². The molecule has 0 saturated carbocycles. The van der Waals surface area contributed by atoms with Gasteiger partial charge in [-0.05, 0) is 66.9 Å². The molecule has 0 aliphatic rings. The van der Waals surface area contributed by atoms with Gasteiger partial charge in [-0.1, -0.05) is 54.6 Å². The van der Waals surface area contributed by atoms with Crippen LogP contribution in [-0.2, 0) is 11.2 Å². The number of amides is 1. The first-order valence-corrected chi connectivity index (χ1v) is 11.3. The summed E-state index contributed by atoms with van der Waals surface area (Å²) in [6.07, 6.45) is 5.66. The van der Waals surface area contributed by atoms with E-state index in [0.29, 0.717) is 26.0 Å². The first-order chi connectivity index (χ1) is 16.2. The van der Waals surface area contributed by atoms with Crippen LogP contribution in [0, 0.1) is 5.82 Å². The van der Waals surface area contributed by atoms with Gasteiger partial charge < -0.3 is 10.1 Å². The van der Waals surface area contributed by atoms with Gasteiger partial charge in [-0.25, -0.2) is 9.87 Å². The number of nitrogens with one attached hydrogen (secondary N) is 2. The van der Waals surface area contributed by atoms with E-state index in [4.69, 9.17) is 9.94 Å². The molecule has 0 saturated heterocycles. The van der Waals surface area contributed by atoms with Crippen molar-refractivity contribution < 1.29 is 19.1 Å².